The van der Waals surface area contributed by atoms with Crippen LogP contribution in [0.5, 0.6) is 11.5 Å². The fraction of sp³-hybridized carbons (Fsp3) is 0.333. The lowest BCUT2D eigenvalue weighted by Crippen LogP contribution is -1.99. The lowest BCUT2D eigenvalue weighted by molar-refractivity contribution is 0.148. The van der Waals surface area contributed by atoms with Gasteiger partial charge in [-0.3, -0.25) is 0 Å². The van der Waals surface area contributed by atoms with Crippen LogP contribution in [-0.2, 0) is 11.3 Å². The number of hydrogen-bond donors (Lipinski definition) is 0. The Hall–Kier alpha value is -0.900. The molecule has 0 fully saturated rings. The van der Waals surface area contributed by atoms with Crippen molar-refractivity contribution in [2.45, 2.75) is 6.61 Å². The van der Waals surface area contributed by atoms with Gasteiger partial charge in [0.25, 0.3) is 0 Å². The summed E-state index contributed by atoms with van der Waals surface area (Å²) in [6.07, 6.45) is 1.65. The van der Waals surface area contributed by atoms with Gasteiger partial charge in [0, 0.05) is 11.6 Å². The van der Waals surface area contributed by atoms with Crippen molar-refractivity contribution in [3.05, 3.63) is 34.3 Å². The largest absolute Gasteiger partial charge is 0.495 e. The average Bonchev–Trinajstić information content (AvgIpc) is 2.34. The Morgan fingerprint density at radius 3 is 2.12 bits per heavy atom. The quantitative estimate of drug-likeness (QED) is 0.586. The summed E-state index contributed by atoms with van der Waals surface area (Å²) in [6, 6.07) is 1.64. The Labute approximate surface area is 111 Å². The third-order valence-corrected chi connectivity index (χ3v) is 2.98. The van der Waals surface area contributed by atoms with Gasteiger partial charge in [-0.15, -0.1) is 6.58 Å². The first-order chi connectivity index (χ1) is 8.15. The van der Waals surface area contributed by atoms with Crippen molar-refractivity contribution in [3.8, 4) is 11.5 Å². The lowest BCUT2D eigenvalue weighted by atomic mass is 10.2. The minimum absolute atomic E-state index is 0.275. The molecule has 94 valence electrons. The van der Waals surface area contributed by atoms with E-state index < -0.39 is 0 Å². The van der Waals surface area contributed by atoms with E-state index in [1.807, 2.05) is 0 Å². The second kappa shape index (κ2) is 6.74. The van der Waals surface area contributed by atoms with Crippen LogP contribution in [0.3, 0.4) is 0 Å². The Morgan fingerprint density at radius 1 is 1.18 bits per heavy atom. The van der Waals surface area contributed by atoms with Gasteiger partial charge in [-0.2, -0.15) is 0 Å². The first-order valence-corrected chi connectivity index (χ1v) is 5.68. The van der Waals surface area contributed by atoms with E-state index in [1.165, 1.54) is 14.2 Å². The molecule has 0 aliphatic heterocycles. The summed E-state index contributed by atoms with van der Waals surface area (Å²) in [5.74, 6) is 1.01. The van der Waals surface area contributed by atoms with Crippen molar-refractivity contribution in [1.82, 2.24) is 0 Å². The molecule has 0 unspecified atom stereocenters. The van der Waals surface area contributed by atoms with Crippen molar-refractivity contribution in [2.75, 3.05) is 20.8 Å². The Kier molecular flexibility index (Phi) is 5.62. The SMILES string of the molecule is C=CCOCc1c(Cl)c(OC)cc(OC)c1Cl. The lowest BCUT2D eigenvalue weighted by Gasteiger charge is -2.14. The molecule has 0 saturated heterocycles. The highest BCUT2D eigenvalue weighted by Gasteiger charge is 2.16. The van der Waals surface area contributed by atoms with Crippen molar-refractivity contribution in [3.63, 3.8) is 0 Å². The maximum atomic E-state index is 6.15. The first-order valence-electron chi connectivity index (χ1n) is 4.93. The van der Waals surface area contributed by atoms with Crippen molar-refractivity contribution >= 4 is 23.2 Å². The standard InChI is InChI=1S/C12H14Cl2O3/c1-4-5-17-7-8-11(13)9(15-2)6-10(16-3)12(8)14/h4,6H,1,5,7H2,2-3H3. The molecular weight excluding hydrogens is 263 g/mol. The first kappa shape index (κ1) is 14.2. The smallest absolute Gasteiger partial charge is 0.141 e. The second-order valence-corrected chi connectivity index (χ2v) is 3.95. The van der Waals surface area contributed by atoms with Gasteiger partial charge in [0.05, 0.1) is 37.5 Å². The minimum Gasteiger partial charge on any atom is -0.495 e. The zero-order chi connectivity index (χ0) is 12.8. The molecule has 0 N–H and O–H groups in total. The van der Waals surface area contributed by atoms with Crippen molar-refractivity contribution in [2.24, 2.45) is 0 Å². The summed E-state index contributed by atoms with van der Waals surface area (Å²) in [6.45, 7) is 4.26. The van der Waals surface area contributed by atoms with Crippen LogP contribution in [0.15, 0.2) is 18.7 Å². The van der Waals surface area contributed by atoms with Gasteiger partial charge < -0.3 is 14.2 Å². The molecule has 0 spiro atoms. The fourth-order valence-electron chi connectivity index (χ4n) is 1.31. The summed E-state index contributed by atoms with van der Waals surface area (Å²) in [7, 11) is 3.06. The predicted molar refractivity (Wildman–Crippen MR) is 69.4 cm³/mol. The van der Waals surface area contributed by atoms with Crippen LogP contribution in [0.1, 0.15) is 5.56 Å². The van der Waals surface area contributed by atoms with Gasteiger partial charge in [0.2, 0.25) is 0 Å². The third kappa shape index (κ3) is 3.28. The molecule has 0 aliphatic rings. The van der Waals surface area contributed by atoms with Gasteiger partial charge in [-0.1, -0.05) is 29.3 Å². The molecule has 0 heterocycles. The highest BCUT2D eigenvalue weighted by atomic mass is 35.5. The van der Waals surface area contributed by atoms with Crippen LogP contribution < -0.4 is 9.47 Å². The Bertz CT molecular complexity index is 377. The summed E-state index contributed by atoms with van der Waals surface area (Å²) in [5.41, 5.74) is 0.645. The Balaban J connectivity index is 3.10. The van der Waals surface area contributed by atoms with E-state index in [0.717, 1.165) is 0 Å². The molecule has 17 heavy (non-hydrogen) atoms. The summed E-state index contributed by atoms with van der Waals surface area (Å²) < 4.78 is 15.6. The molecule has 1 aromatic rings. The minimum atomic E-state index is 0.275. The molecule has 0 aromatic heterocycles. The molecule has 0 saturated carbocycles. The zero-order valence-corrected chi connectivity index (χ0v) is 11.3. The number of rotatable bonds is 6. The highest BCUT2D eigenvalue weighted by molar-refractivity contribution is 6.37. The maximum Gasteiger partial charge on any atom is 0.141 e. The molecule has 1 aromatic carbocycles. The summed E-state index contributed by atoms with van der Waals surface area (Å²) in [4.78, 5) is 0. The topological polar surface area (TPSA) is 27.7 Å². The van der Waals surface area contributed by atoms with Gasteiger partial charge in [-0.25, -0.2) is 0 Å². The Morgan fingerprint density at radius 2 is 1.71 bits per heavy atom. The number of benzene rings is 1. The molecular formula is C12H14Cl2O3. The van der Waals surface area contributed by atoms with E-state index in [2.05, 4.69) is 6.58 Å². The number of hydrogen-bond acceptors (Lipinski definition) is 3. The van der Waals surface area contributed by atoms with E-state index in [0.29, 0.717) is 33.7 Å². The average molecular weight is 277 g/mol. The number of methoxy groups -OCH3 is 2. The van der Waals surface area contributed by atoms with Crippen LogP contribution in [0, 0.1) is 0 Å². The molecule has 1 rings (SSSR count). The molecule has 0 atom stereocenters. The molecule has 5 heteroatoms. The van der Waals surface area contributed by atoms with Crippen LogP contribution >= 0.6 is 23.2 Å². The third-order valence-electron chi connectivity index (χ3n) is 2.15. The van der Waals surface area contributed by atoms with E-state index in [4.69, 9.17) is 37.4 Å². The molecule has 0 amide bonds. The van der Waals surface area contributed by atoms with E-state index in [1.54, 1.807) is 12.1 Å². The van der Waals surface area contributed by atoms with E-state index in [9.17, 15) is 0 Å². The van der Waals surface area contributed by atoms with Crippen LogP contribution in [0.25, 0.3) is 0 Å². The molecule has 0 radical (unpaired) electrons. The fourth-order valence-corrected chi connectivity index (χ4v) is 1.92. The summed E-state index contributed by atoms with van der Waals surface area (Å²) in [5, 5.41) is 0.865. The number of halogens is 2. The molecule has 3 nitrogen and oxygen atoms in total. The normalized spacial score (nSPS) is 10.1. The van der Waals surface area contributed by atoms with Crippen LogP contribution in [0.2, 0.25) is 10.0 Å². The highest BCUT2D eigenvalue weighted by Crippen LogP contribution is 2.40. The van der Waals surface area contributed by atoms with Gasteiger partial charge >= 0.3 is 0 Å². The van der Waals surface area contributed by atoms with Gasteiger partial charge in [0.1, 0.15) is 11.5 Å². The predicted octanol–water partition coefficient (Wildman–Crippen LogP) is 3.71. The van der Waals surface area contributed by atoms with Crippen molar-refractivity contribution in [1.29, 1.82) is 0 Å². The van der Waals surface area contributed by atoms with E-state index in [-0.39, 0.29) is 6.61 Å². The maximum absolute atomic E-state index is 6.15. The second-order valence-electron chi connectivity index (χ2n) is 3.19. The number of ether oxygens (including phenoxy) is 3. The van der Waals surface area contributed by atoms with Crippen LogP contribution in [-0.4, -0.2) is 20.8 Å². The van der Waals surface area contributed by atoms with Gasteiger partial charge in [-0.05, 0) is 0 Å². The zero-order valence-electron chi connectivity index (χ0n) is 9.76. The van der Waals surface area contributed by atoms with Crippen molar-refractivity contribution < 1.29 is 14.2 Å². The van der Waals surface area contributed by atoms with Crippen LogP contribution in [0.4, 0.5) is 0 Å². The molecule has 0 bridgehead atoms. The van der Waals surface area contributed by atoms with Gasteiger partial charge in [0.15, 0.2) is 0 Å². The monoisotopic (exact) mass is 276 g/mol. The summed E-state index contributed by atoms with van der Waals surface area (Å²) >= 11 is 12.3. The molecule has 0 aliphatic carbocycles. The van der Waals surface area contributed by atoms with E-state index >= 15 is 0 Å².